The Bertz CT molecular complexity index is 2620. The van der Waals surface area contributed by atoms with Crippen LogP contribution >= 0.6 is 0 Å². The number of benzene rings is 8. The summed E-state index contributed by atoms with van der Waals surface area (Å²) < 4.78 is 0. The van der Waals surface area contributed by atoms with Gasteiger partial charge in [-0.1, -0.05) is 163 Å². The Balaban J connectivity index is 1.22. The van der Waals surface area contributed by atoms with Crippen LogP contribution in [0.2, 0.25) is 0 Å². The van der Waals surface area contributed by atoms with Crippen LogP contribution in [0.25, 0.3) is 22.3 Å². The van der Waals surface area contributed by atoms with Gasteiger partial charge in [-0.2, -0.15) is 0 Å². The maximum atomic E-state index is 2.45. The number of para-hydroxylation sites is 2. The standard InChI is InChI=1S/C57H50N2/c1-55(2,3)39-25-29-43(30-26-39)58(41-17-9-7-10-18-41)45-33-35-53-49(37-45)50-38-46(59(42-19-11-8-12-20-42)44-31-27-40(28-32-44)56(4,5)6)34-36-54(50)57(53)51-23-15-13-21-47(51)48-22-14-16-24-52(48)57/h7-38H,1-6H3. The molecule has 0 saturated heterocycles. The summed E-state index contributed by atoms with van der Waals surface area (Å²) in [6, 6.07) is 72.4. The number of rotatable bonds is 6. The van der Waals surface area contributed by atoms with Crippen LogP contribution in [0.1, 0.15) is 74.9 Å². The average Bonchev–Trinajstić information content (AvgIpc) is 3.71. The highest BCUT2D eigenvalue weighted by molar-refractivity contribution is 5.98. The van der Waals surface area contributed by atoms with Gasteiger partial charge in [-0.15, -0.1) is 0 Å². The highest BCUT2D eigenvalue weighted by Gasteiger charge is 2.51. The fourth-order valence-electron chi connectivity index (χ4n) is 9.67. The Hall–Kier alpha value is -6.64. The van der Waals surface area contributed by atoms with Gasteiger partial charge in [0.25, 0.3) is 0 Å². The van der Waals surface area contributed by atoms with Crippen LogP contribution in [-0.2, 0) is 16.2 Å². The van der Waals surface area contributed by atoms with Crippen molar-refractivity contribution in [2.45, 2.75) is 57.8 Å². The quantitative estimate of drug-likeness (QED) is 0.166. The molecule has 8 aromatic rings. The second kappa shape index (κ2) is 13.7. The van der Waals surface area contributed by atoms with Crippen LogP contribution in [0.4, 0.5) is 34.1 Å². The summed E-state index contributed by atoms with van der Waals surface area (Å²) in [5.41, 5.74) is 19.6. The van der Waals surface area contributed by atoms with Gasteiger partial charge >= 0.3 is 0 Å². The van der Waals surface area contributed by atoms with Crippen molar-refractivity contribution < 1.29 is 0 Å². The minimum Gasteiger partial charge on any atom is -0.310 e. The van der Waals surface area contributed by atoms with Gasteiger partial charge in [0.2, 0.25) is 0 Å². The summed E-state index contributed by atoms with van der Waals surface area (Å²) >= 11 is 0. The summed E-state index contributed by atoms with van der Waals surface area (Å²) in [5.74, 6) is 0. The summed E-state index contributed by atoms with van der Waals surface area (Å²) in [7, 11) is 0. The van der Waals surface area contributed by atoms with Gasteiger partial charge in [-0.3, -0.25) is 0 Å². The normalized spacial score (nSPS) is 13.4. The van der Waals surface area contributed by atoms with E-state index in [1.165, 1.54) is 55.6 Å². The fraction of sp³-hybridized carbons (Fsp3) is 0.158. The lowest BCUT2D eigenvalue weighted by Gasteiger charge is -2.32. The fourth-order valence-corrected chi connectivity index (χ4v) is 9.67. The van der Waals surface area contributed by atoms with Crippen LogP contribution in [0, 0.1) is 0 Å². The van der Waals surface area contributed by atoms with Crippen LogP contribution < -0.4 is 9.80 Å². The van der Waals surface area contributed by atoms with Crippen molar-refractivity contribution in [3.05, 3.63) is 228 Å². The molecule has 288 valence electrons. The Morgan fingerprint density at radius 2 is 0.593 bits per heavy atom. The molecular weight excluding hydrogens is 713 g/mol. The molecule has 0 fully saturated rings. The molecule has 0 atom stereocenters. The van der Waals surface area contributed by atoms with Gasteiger partial charge in [0.05, 0.1) is 5.41 Å². The lowest BCUT2D eigenvalue weighted by Crippen LogP contribution is -2.26. The lowest BCUT2D eigenvalue weighted by molar-refractivity contribution is 0.590. The van der Waals surface area contributed by atoms with E-state index in [4.69, 9.17) is 0 Å². The molecule has 0 aromatic heterocycles. The summed E-state index contributed by atoms with van der Waals surface area (Å²) in [4.78, 5) is 4.82. The molecule has 0 radical (unpaired) electrons. The van der Waals surface area contributed by atoms with Crippen molar-refractivity contribution in [3.8, 4) is 22.3 Å². The number of anilines is 6. The molecule has 2 aliphatic carbocycles. The Kier molecular flexibility index (Phi) is 8.54. The van der Waals surface area contributed by atoms with Crippen LogP contribution in [0.5, 0.6) is 0 Å². The number of hydrogen-bond donors (Lipinski definition) is 0. The predicted octanol–water partition coefficient (Wildman–Crippen LogP) is 15.6. The minimum atomic E-state index is -0.452. The molecule has 0 saturated carbocycles. The van der Waals surface area contributed by atoms with E-state index < -0.39 is 5.41 Å². The van der Waals surface area contributed by atoms with E-state index in [0.717, 1.165) is 34.1 Å². The monoisotopic (exact) mass is 762 g/mol. The molecule has 59 heavy (non-hydrogen) atoms. The van der Waals surface area contributed by atoms with Crippen molar-refractivity contribution in [3.63, 3.8) is 0 Å². The molecule has 0 bridgehead atoms. The SMILES string of the molecule is CC(C)(C)c1ccc(N(c2ccccc2)c2ccc3c(c2)-c2cc(N(c4ccccc4)c4ccc(C(C)(C)C)cc4)ccc2C32c3ccccc3-c3ccccc32)cc1. The van der Waals surface area contributed by atoms with Crippen molar-refractivity contribution in [1.29, 1.82) is 0 Å². The van der Waals surface area contributed by atoms with Crippen LogP contribution in [-0.4, -0.2) is 0 Å². The van der Waals surface area contributed by atoms with E-state index in [1.807, 2.05) is 0 Å². The zero-order chi connectivity index (χ0) is 40.5. The van der Waals surface area contributed by atoms with Gasteiger partial charge in [-0.25, -0.2) is 0 Å². The highest BCUT2D eigenvalue weighted by Crippen LogP contribution is 2.64. The molecule has 10 rings (SSSR count). The second-order valence-electron chi connectivity index (χ2n) is 18.2. The molecular formula is C57H50N2. The molecule has 0 heterocycles. The van der Waals surface area contributed by atoms with Gasteiger partial charge in [0.15, 0.2) is 0 Å². The van der Waals surface area contributed by atoms with Gasteiger partial charge in [0.1, 0.15) is 0 Å². The topological polar surface area (TPSA) is 6.48 Å². The number of hydrogen-bond acceptors (Lipinski definition) is 2. The van der Waals surface area contributed by atoms with Crippen molar-refractivity contribution >= 4 is 34.1 Å². The Morgan fingerprint density at radius 3 is 0.966 bits per heavy atom. The Morgan fingerprint density at radius 1 is 0.288 bits per heavy atom. The first-order valence-corrected chi connectivity index (χ1v) is 20.9. The van der Waals surface area contributed by atoms with E-state index in [2.05, 4.69) is 245 Å². The first kappa shape index (κ1) is 36.7. The summed E-state index contributed by atoms with van der Waals surface area (Å²) in [6.45, 7) is 13.7. The first-order chi connectivity index (χ1) is 28.5. The van der Waals surface area contributed by atoms with E-state index in [-0.39, 0.29) is 10.8 Å². The molecule has 8 aromatic carbocycles. The smallest absolute Gasteiger partial charge is 0.0725 e. The number of nitrogens with zero attached hydrogens (tertiary/aromatic N) is 2. The molecule has 2 nitrogen and oxygen atoms in total. The molecule has 0 unspecified atom stereocenters. The minimum absolute atomic E-state index is 0.0650. The highest BCUT2D eigenvalue weighted by atomic mass is 15.1. The first-order valence-electron chi connectivity index (χ1n) is 20.9. The van der Waals surface area contributed by atoms with E-state index >= 15 is 0 Å². The van der Waals surface area contributed by atoms with Crippen molar-refractivity contribution in [1.82, 2.24) is 0 Å². The molecule has 0 amide bonds. The summed E-state index contributed by atoms with van der Waals surface area (Å²) in [5, 5.41) is 0. The third-order valence-corrected chi connectivity index (χ3v) is 12.6. The van der Waals surface area contributed by atoms with Gasteiger partial charge in [0, 0.05) is 34.1 Å². The number of fused-ring (bicyclic) bond motifs is 10. The molecule has 0 aliphatic heterocycles. The molecule has 1 spiro atoms. The van der Waals surface area contributed by atoms with E-state index in [9.17, 15) is 0 Å². The Labute approximate surface area is 350 Å². The second-order valence-corrected chi connectivity index (χ2v) is 18.2. The molecule has 0 N–H and O–H groups in total. The lowest BCUT2D eigenvalue weighted by atomic mass is 9.70. The predicted molar refractivity (Wildman–Crippen MR) is 250 cm³/mol. The maximum Gasteiger partial charge on any atom is 0.0725 e. The summed E-state index contributed by atoms with van der Waals surface area (Å²) in [6.07, 6.45) is 0. The van der Waals surface area contributed by atoms with Gasteiger partial charge < -0.3 is 9.80 Å². The van der Waals surface area contributed by atoms with Crippen LogP contribution in [0.15, 0.2) is 194 Å². The van der Waals surface area contributed by atoms with E-state index in [1.54, 1.807) is 0 Å². The largest absolute Gasteiger partial charge is 0.310 e. The van der Waals surface area contributed by atoms with Crippen molar-refractivity contribution in [2.75, 3.05) is 9.80 Å². The van der Waals surface area contributed by atoms with Crippen molar-refractivity contribution in [2.24, 2.45) is 0 Å². The molecule has 2 heteroatoms. The maximum absolute atomic E-state index is 2.45. The van der Waals surface area contributed by atoms with Crippen LogP contribution in [0.3, 0.4) is 0 Å². The third-order valence-electron chi connectivity index (χ3n) is 12.6. The molecule has 2 aliphatic rings. The average molecular weight is 763 g/mol. The third kappa shape index (κ3) is 5.92. The zero-order valence-corrected chi connectivity index (χ0v) is 34.9. The van der Waals surface area contributed by atoms with E-state index in [0.29, 0.717) is 0 Å². The zero-order valence-electron chi connectivity index (χ0n) is 34.9. The van der Waals surface area contributed by atoms with Gasteiger partial charge in [-0.05, 0) is 139 Å².